The van der Waals surface area contributed by atoms with Crippen molar-refractivity contribution in [2.24, 2.45) is 0 Å². The molecule has 0 unspecified atom stereocenters. The van der Waals surface area contributed by atoms with Crippen molar-refractivity contribution in [3.8, 4) is 11.1 Å². The maximum atomic E-state index is 11.2. The number of benzene rings is 2. The van der Waals surface area contributed by atoms with Crippen LogP contribution in [0.1, 0.15) is 18.3 Å². The van der Waals surface area contributed by atoms with Crippen molar-refractivity contribution in [1.29, 1.82) is 0 Å². The average Bonchev–Trinajstić information content (AvgIpc) is 2.99. The number of nitrogens with one attached hydrogen (secondary N) is 2. The second-order valence-corrected chi connectivity index (χ2v) is 7.25. The molecule has 29 heavy (non-hydrogen) atoms. The molecule has 0 fully saturated rings. The van der Waals surface area contributed by atoms with Gasteiger partial charge >= 0.3 is 0 Å². The Kier molecular flexibility index (Phi) is 4.94. The minimum Gasteiger partial charge on any atom is -0.340 e. The molecule has 6 nitrogen and oxygen atoms in total. The first-order valence-corrected chi connectivity index (χ1v) is 9.57. The fraction of sp³-hybridized carbons (Fsp3) is 0.136. The van der Waals surface area contributed by atoms with Crippen LogP contribution in [-0.4, -0.2) is 20.5 Å². The van der Waals surface area contributed by atoms with Gasteiger partial charge in [-0.1, -0.05) is 29.8 Å². The first-order chi connectivity index (χ1) is 13.9. The third-order valence-corrected chi connectivity index (χ3v) is 4.84. The summed E-state index contributed by atoms with van der Waals surface area (Å²) in [4.78, 5) is 15.9. The van der Waals surface area contributed by atoms with Gasteiger partial charge in [0.1, 0.15) is 5.82 Å². The Morgan fingerprint density at radius 3 is 2.41 bits per heavy atom. The Labute approximate surface area is 173 Å². The molecule has 4 aromatic rings. The maximum Gasteiger partial charge on any atom is 0.221 e. The van der Waals surface area contributed by atoms with E-state index in [9.17, 15) is 4.79 Å². The van der Waals surface area contributed by atoms with E-state index in [-0.39, 0.29) is 5.91 Å². The van der Waals surface area contributed by atoms with E-state index in [4.69, 9.17) is 21.7 Å². The summed E-state index contributed by atoms with van der Waals surface area (Å²) in [6.45, 7) is 5.39. The lowest BCUT2D eigenvalue weighted by Crippen LogP contribution is -2.06. The Hall–Kier alpha value is -3.38. The monoisotopic (exact) mass is 405 g/mol. The molecular weight excluding hydrogens is 386 g/mol. The quantitative estimate of drug-likeness (QED) is 0.479. The number of nitrogens with zero attached hydrogens (tertiary/aromatic N) is 3. The molecule has 0 aliphatic rings. The molecule has 1 amide bonds. The van der Waals surface area contributed by atoms with Crippen molar-refractivity contribution in [3.63, 3.8) is 0 Å². The standard InChI is InChI=1S/C22H20ClN5O/c1-13-12-20(26-17-10-8-16(9-11-17)25-15(3)29)28-22(24-13)21(14(2)27-28)18-6-4-5-7-19(18)23/h4-12,26H,1-3H3,(H,25,29). The van der Waals surface area contributed by atoms with Crippen molar-refractivity contribution in [2.45, 2.75) is 20.8 Å². The summed E-state index contributed by atoms with van der Waals surface area (Å²) in [7, 11) is 0. The van der Waals surface area contributed by atoms with Gasteiger partial charge in [-0.2, -0.15) is 9.61 Å². The third-order valence-electron chi connectivity index (χ3n) is 4.51. The van der Waals surface area contributed by atoms with Gasteiger partial charge in [0.05, 0.1) is 11.3 Å². The van der Waals surface area contributed by atoms with Crippen LogP contribution in [0.2, 0.25) is 5.02 Å². The normalized spacial score (nSPS) is 10.9. The molecule has 0 saturated carbocycles. The van der Waals surface area contributed by atoms with Crippen LogP contribution in [0.15, 0.2) is 54.6 Å². The molecule has 0 atom stereocenters. The van der Waals surface area contributed by atoms with Crippen LogP contribution in [0.3, 0.4) is 0 Å². The number of amides is 1. The van der Waals surface area contributed by atoms with Crippen molar-refractivity contribution in [2.75, 3.05) is 10.6 Å². The van der Waals surface area contributed by atoms with Gasteiger partial charge in [0.2, 0.25) is 5.91 Å². The Bertz CT molecular complexity index is 1210. The maximum absolute atomic E-state index is 11.2. The predicted molar refractivity (Wildman–Crippen MR) is 117 cm³/mol. The van der Waals surface area contributed by atoms with E-state index in [0.29, 0.717) is 5.02 Å². The molecule has 7 heteroatoms. The second kappa shape index (κ2) is 7.56. The molecule has 2 N–H and O–H groups in total. The zero-order valence-corrected chi connectivity index (χ0v) is 17.1. The van der Waals surface area contributed by atoms with E-state index in [2.05, 4.69) is 10.6 Å². The summed E-state index contributed by atoms with van der Waals surface area (Å²) < 4.78 is 1.79. The van der Waals surface area contributed by atoms with Crippen LogP contribution >= 0.6 is 11.6 Å². The fourth-order valence-corrected chi connectivity index (χ4v) is 3.53. The number of carbonyl (C=O) groups is 1. The summed E-state index contributed by atoms with van der Waals surface area (Å²) in [5.41, 5.74) is 5.90. The Balaban J connectivity index is 1.77. The summed E-state index contributed by atoms with van der Waals surface area (Å²) >= 11 is 6.44. The Morgan fingerprint density at radius 2 is 1.72 bits per heavy atom. The predicted octanol–water partition coefficient (Wildman–Crippen LogP) is 5.37. The average molecular weight is 406 g/mol. The molecule has 2 aromatic carbocycles. The zero-order chi connectivity index (χ0) is 20.5. The number of aryl methyl sites for hydroxylation is 2. The largest absolute Gasteiger partial charge is 0.340 e. The zero-order valence-electron chi connectivity index (χ0n) is 16.3. The van der Waals surface area contributed by atoms with Gasteiger partial charge in [-0.05, 0) is 44.2 Å². The number of hydrogen-bond acceptors (Lipinski definition) is 4. The van der Waals surface area contributed by atoms with Crippen LogP contribution < -0.4 is 10.6 Å². The molecule has 0 bridgehead atoms. The first-order valence-electron chi connectivity index (χ1n) is 9.19. The summed E-state index contributed by atoms with van der Waals surface area (Å²) in [5, 5.41) is 11.5. The number of halogens is 1. The first kappa shape index (κ1) is 19.0. The van der Waals surface area contributed by atoms with Gasteiger partial charge in [0.25, 0.3) is 0 Å². The molecule has 0 spiro atoms. The third kappa shape index (κ3) is 3.79. The van der Waals surface area contributed by atoms with Crippen molar-refractivity contribution >= 4 is 40.3 Å². The smallest absolute Gasteiger partial charge is 0.221 e. The Morgan fingerprint density at radius 1 is 1.03 bits per heavy atom. The van der Waals surface area contributed by atoms with Gasteiger partial charge in [-0.3, -0.25) is 4.79 Å². The van der Waals surface area contributed by atoms with Gasteiger partial charge < -0.3 is 10.6 Å². The lowest BCUT2D eigenvalue weighted by molar-refractivity contribution is -0.114. The van der Waals surface area contributed by atoms with Crippen LogP contribution in [0.4, 0.5) is 17.2 Å². The van der Waals surface area contributed by atoms with Crippen molar-refractivity contribution in [1.82, 2.24) is 14.6 Å². The topological polar surface area (TPSA) is 71.3 Å². The highest BCUT2D eigenvalue weighted by Gasteiger charge is 2.18. The molecular formula is C22H20ClN5O. The molecule has 0 saturated heterocycles. The highest BCUT2D eigenvalue weighted by molar-refractivity contribution is 6.33. The fourth-order valence-electron chi connectivity index (χ4n) is 3.30. The van der Waals surface area contributed by atoms with Gasteiger partial charge in [-0.25, -0.2) is 4.98 Å². The van der Waals surface area contributed by atoms with Gasteiger partial charge in [0.15, 0.2) is 5.65 Å². The minimum absolute atomic E-state index is 0.101. The number of fused-ring (bicyclic) bond motifs is 1. The van der Waals surface area contributed by atoms with E-state index in [1.54, 1.807) is 4.52 Å². The highest BCUT2D eigenvalue weighted by Crippen LogP contribution is 2.34. The molecule has 146 valence electrons. The number of rotatable bonds is 4. The van der Waals surface area contributed by atoms with Gasteiger partial charge in [-0.15, -0.1) is 0 Å². The SMILES string of the molecule is CC(=O)Nc1ccc(Nc2cc(C)nc3c(-c4ccccc4Cl)c(C)nn23)cc1. The van der Waals surface area contributed by atoms with Crippen LogP contribution in [0.25, 0.3) is 16.8 Å². The van der Waals surface area contributed by atoms with Crippen LogP contribution in [0.5, 0.6) is 0 Å². The van der Waals surface area contributed by atoms with Crippen molar-refractivity contribution < 1.29 is 4.79 Å². The molecule has 0 aliphatic heterocycles. The minimum atomic E-state index is -0.101. The van der Waals surface area contributed by atoms with E-state index in [0.717, 1.165) is 45.4 Å². The van der Waals surface area contributed by atoms with Crippen LogP contribution in [-0.2, 0) is 4.79 Å². The highest BCUT2D eigenvalue weighted by atomic mass is 35.5. The summed E-state index contributed by atoms with van der Waals surface area (Å²) in [5.74, 6) is 0.692. The second-order valence-electron chi connectivity index (χ2n) is 6.84. The number of aromatic nitrogens is 3. The van der Waals surface area contributed by atoms with Crippen LogP contribution in [0, 0.1) is 13.8 Å². The van der Waals surface area contributed by atoms with Gasteiger partial charge in [0, 0.05) is 40.6 Å². The number of anilines is 3. The van der Waals surface area contributed by atoms with E-state index in [1.165, 1.54) is 6.92 Å². The van der Waals surface area contributed by atoms with E-state index in [1.807, 2.05) is 68.4 Å². The van der Waals surface area contributed by atoms with E-state index >= 15 is 0 Å². The molecule has 0 aliphatic carbocycles. The molecule has 0 radical (unpaired) electrons. The molecule has 4 rings (SSSR count). The summed E-state index contributed by atoms with van der Waals surface area (Å²) in [6, 6.07) is 17.1. The molecule has 2 aromatic heterocycles. The lowest BCUT2D eigenvalue weighted by Gasteiger charge is -2.11. The number of carbonyl (C=O) groups excluding carboxylic acids is 1. The van der Waals surface area contributed by atoms with E-state index < -0.39 is 0 Å². The molecule has 2 heterocycles. The summed E-state index contributed by atoms with van der Waals surface area (Å²) in [6.07, 6.45) is 0. The number of hydrogen-bond donors (Lipinski definition) is 2. The van der Waals surface area contributed by atoms with Crippen molar-refractivity contribution in [3.05, 3.63) is 71.0 Å². The lowest BCUT2D eigenvalue weighted by atomic mass is 10.1.